The number of carbonyl (C=O) groups excluding carboxylic acids is 1. The molecule has 1 aromatic carbocycles. The summed E-state index contributed by atoms with van der Waals surface area (Å²) in [5.41, 5.74) is 3.96. The molecular formula is C20H16FN5O. The van der Waals surface area contributed by atoms with Crippen molar-refractivity contribution in [2.45, 2.75) is 13.0 Å². The number of aromatic amines is 1. The van der Waals surface area contributed by atoms with Crippen molar-refractivity contribution in [3.63, 3.8) is 0 Å². The van der Waals surface area contributed by atoms with Gasteiger partial charge in [0.25, 0.3) is 5.91 Å². The third kappa shape index (κ3) is 2.59. The highest BCUT2D eigenvalue weighted by atomic mass is 19.1. The van der Waals surface area contributed by atoms with Gasteiger partial charge in [0.1, 0.15) is 22.9 Å². The Bertz CT molecular complexity index is 1130. The van der Waals surface area contributed by atoms with Crippen LogP contribution in [0.25, 0.3) is 16.9 Å². The average molecular weight is 361 g/mol. The molecule has 4 aromatic rings. The molecule has 0 bridgehead atoms. The van der Waals surface area contributed by atoms with Gasteiger partial charge in [0, 0.05) is 42.2 Å². The number of halogens is 1. The first kappa shape index (κ1) is 15.7. The van der Waals surface area contributed by atoms with Gasteiger partial charge in [0.15, 0.2) is 0 Å². The van der Waals surface area contributed by atoms with Gasteiger partial charge in [-0.05, 0) is 24.3 Å². The van der Waals surface area contributed by atoms with E-state index in [2.05, 4.69) is 15.2 Å². The van der Waals surface area contributed by atoms with E-state index in [9.17, 15) is 9.18 Å². The molecule has 1 N–H and O–H groups in total. The highest BCUT2D eigenvalue weighted by Gasteiger charge is 2.28. The fourth-order valence-electron chi connectivity index (χ4n) is 3.54. The first-order chi connectivity index (χ1) is 13.2. The molecular weight excluding hydrogens is 345 g/mol. The van der Waals surface area contributed by atoms with E-state index in [1.54, 1.807) is 29.3 Å². The van der Waals surface area contributed by atoms with E-state index in [1.165, 1.54) is 6.07 Å². The number of fused-ring (bicyclic) bond motifs is 2. The molecule has 5 rings (SSSR count). The molecule has 4 heterocycles. The molecule has 0 saturated heterocycles. The van der Waals surface area contributed by atoms with Gasteiger partial charge in [-0.2, -0.15) is 5.10 Å². The van der Waals surface area contributed by atoms with Gasteiger partial charge in [-0.25, -0.2) is 9.37 Å². The molecule has 1 aliphatic rings. The number of nitrogens with one attached hydrogen (secondary N) is 1. The lowest BCUT2D eigenvalue weighted by atomic mass is 10.0. The van der Waals surface area contributed by atoms with E-state index in [-0.39, 0.29) is 11.7 Å². The largest absolute Gasteiger partial charge is 0.332 e. The van der Waals surface area contributed by atoms with Gasteiger partial charge in [-0.1, -0.05) is 18.2 Å². The lowest BCUT2D eigenvalue weighted by molar-refractivity contribution is 0.0729. The number of aromatic nitrogens is 4. The molecule has 134 valence electrons. The van der Waals surface area contributed by atoms with Crippen LogP contribution in [0.5, 0.6) is 0 Å². The zero-order valence-corrected chi connectivity index (χ0v) is 14.4. The van der Waals surface area contributed by atoms with Crippen molar-refractivity contribution >= 4 is 11.6 Å². The normalized spacial score (nSPS) is 13.7. The van der Waals surface area contributed by atoms with Crippen molar-refractivity contribution in [2.24, 2.45) is 0 Å². The third-order valence-corrected chi connectivity index (χ3v) is 4.93. The highest BCUT2D eigenvalue weighted by molar-refractivity contribution is 5.93. The van der Waals surface area contributed by atoms with Crippen LogP contribution in [0.4, 0.5) is 4.39 Å². The topological polar surface area (TPSA) is 66.3 Å². The molecule has 0 radical (unpaired) electrons. The van der Waals surface area contributed by atoms with Crippen LogP contribution in [0.1, 0.15) is 21.7 Å². The number of carbonyl (C=O) groups is 1. The maximum absolute atomic E-state index is 14.2. The molecule has 0 atom stereocenters. The summed E-state index contributed by atoms with van der Waals surface area (Å²) in [6.07, 6.45) is 4.25. The maximum Gasteiger partial charge on any atom is 0.274 e. The molecule has 0 spiro atoms. The van der Waals surface area contributed by atoms with Crippen molar-refractivity contribution in [1.82, 2.24) is 24.5 Å². The van der Waals surface area contributed by atoms with Gasteiger partial charge in [0.2, 0.25) is 0 Å². The number of nitrogens with zero attached hydrogens (tertiary/aromatic N) is 4. The molecule has 0 saturated carbocycles. The number of hydrogen-bond acceptors (Lipinski definition) is 3. The summed E-state index contributed by atoms with van der Waals surface area (Å²) in [6, 6.07) is 12.2. The number of pyridine rings is 1. The van der Waals surface area contributed by atoms with E-state index < -0.39 is 0 Å². The summed E-state index contributed by atoms with van der Waals surface area (Å²) < 4.78 is 16.0. The molecule has 0 unspecified atom stereocenters. The molecule has 27 heavy (non-hydrogen) atoms. The zero-order chi connectivity index (χ0) is 18.4. The van der Waals surface area contributed by atoms with Crippen LogP contribution in [-0.4, -0.2) is 36.9 Å². The van der Waals surface area contributed by atoms with Crippen LogP contribution in [-0.2, 0) is 13.0 Å². The molecule has 0 aliphatic carbocycles. The van der Waals surface area contributed by atoms with E-state index in [0.29, 0.717) is 36.5 Å². The Balaban J connectivity index is 1.48. The fraction of sp³-hybridized carbons (Fsp3) is 0.150. The molecule has 6 nitrogen and oxygen atoms in total. The second kappa shape index (κ2) is 6.05. The summed E-state index contributed by atoms with van der Waals surface area (Å²) in [6.45, 7) is 0.945. The van der Waals surface area contributed by atoms with Crippen molar-refractivity contribution < 1.29 is 9.18 Å². The van der Waals surface area contributed by atoms with Gasteiger partial charge in [-0.15, -0.1) is 0 Å². The van der Waals surface area contributed by atoms with Gasteiger partial charge in [-0.3, -0.25) is 9.89 Å². The minimum atomic E-state index is -0.324. The van der Waals surface area contributed by atoms with Gasteiger partial charge < -0.3 is 9.30 Å². The van der Waals surface area contributed by atoms with Crippen LogP contribution in [0, 0.1) is 5.82 Å². The molecule has 1 amide bonds. The quantitative estimate of drug-likeness (QED) is 0.597. The first-order valence-electron chi connectivity index (χ1n) is 8.75. The van der Waals surface area contributed by atoms with E-state index in [4.69, 9.17) is 0 Å². The fourth-order valence-corrected chi connectivity index (χ4v) is 3.54. The minimum Gasteiger partial charge on any atom is -0.332 e. The number of H-pyrrole nitrogens is 1. The Hall–Kier alpha value is -3.48. The van der Waals surface area contributed by atoms with Crippen LogP contribution in [0.2, 0.25) is 0 Å². The highest BCUT2D eigenvalue weighted by Crippen LogP contribution is 2.30. The molecule has 7 heteroatoms. The van der Waals surface area contributed by atoms with Crippen molar-refractivity contribution in [1.29, 1.82) is 0 Å². The van der Waals surface area contributed by atoms with Gasteiger partial charge in [0.05, 0.1) is 6.54 Å². The van der Waals surface area contributed by atoms with Crippen LogP contribution >= 0.6 is 0 Å². The third-order valence-electron chi connectivity index (χ3n) is 4.93. The molecule has 3 aromatic heterocycles. The number of benzene rings is 1. The monoisotopic (exact) mass is 361 g/mol. The molecule has 0 fully saturated rings. The summed E-state index contributed by atoms with van der Waals surface area (Å²) in [5.74, 6) is -0.458. The van der Waals surface area contributed by atoms with Gasteiger partial charge >= 0.3 is 0 Å². The predicted octanol–water partition coefficient (Wildman–Crippen LogP) is 3.06. The Morgan fingerprint density at radius 2 is 2.00 bits per heavy atom. The average Bonchev–Trinajstić information content (AvgIpc) is 3.31. The second-order valence-corrected chi connectivity index (χ2v) is 6.58. The smallest absolute Gasteiger partial charge is 0.274 e. The summed E-state index contributed by atoms with van der Waals surface area (Å²) >= 11 is 0. The maximum atomic E-state index is 14.2. The van der Waals surface area contributed by atoms with Crippen LogP contribution < -0.4 is 0 Å². The number of rotatable bonds is 2. The lowest BCUT2D eigenvalue weighted by Crippen LogP contribution is -2.36. The summed E-state index contributed by atoms with van der Waals surface area (Å²) in [4.78, 5) is 19.1. The SMILES string of the molecule is O=C(c1cn2ccccc2n1)N1CCc2[nH]nc(-c3ccccc3F)c2C1. The standard InChI is InChI=1S/C20H16FN5O/c21-15-6-2-1-5-13(15)19-14-11-26(10-8-16(14)23-24-19)20(27)17-12-25-9-4-3-7-18(25)22-17/h1-7,9,12H,8,10-11H2,(H,23,24). The van der Waals surface area contributed by atoms with Crippen molar-refractivity contribution in [3.8, 4) is 11.3 Å². The van der Waals surface area contributed by atoms with E-state index in [0.717, 1.165) is 16.9 Å². The Morgan fingerprint density at radius 1 is 1.15 bits per heavy atom. The van der Waals surface area contributed by atoms with Crippen molar-refractivity contribution in [3.05, 3.63) is 77.6 Å². The summed E-state index contributed by atoms with van der Waals surface area (Å²) in [5, 5.41) is 7.31. The number of hydrogen-bond donors (Lipinski definition) is 1. The second-order valence-electron chi connectivity index (χ2n) is 6.58. The lowest BCUT2D eigenvalue weighted by Gasteiger charge is -2.26. The van der Waals surface area contributed by atoms with Crippen molar-refractivity contribution in [2.75, 3.05) is 6.54 Å². The molecule has 1 aliphatic heterocycles. The minimum absolute atomic E-state index is 0.134. The zero-order valence-electron chi connectivity index (χ0n) is 14.4. The first-order valence-corrected chi connectivity index (χ1v) is 8.75. The van der Waals surface area contributed by atoms with E-state index in [1.807, 2.05) is 28.8 Å². The Kier molecular flexibility index (Phi) is 3.53. The Morgan fingerprint density at radius 3 is 2.85 bits per heavy atom. The van der Waals surface area contributed by atoms with Crippen LogP contribution in [0.15, 0.2) is 54.9 Å². The number of amides is 1. The van der Waals surface area contributed by atoms with E-state index >= 15 is 0 Å². The Labute approximate surface area is 154 Å². The van der Waals surface area contributed by atoms with Crippen LogP contribution in [0.3, 0.4) is 0 Å². The predicted molar refractivity (Wildman–Crippen MR) is 97.6 cm³/mol. The number of imidazole rings is 1. The summed E-state index contributed by atoms with van der Waals surface area (Å²) in [7, 11) is 0.